The first kappa shape index (κ1) is 8.49. The summed E-state index contributed by atoms with van der Waals surface area (Å²) < 4.78 is 36.4. The molecule has 2 nitrogen and oxygen atoms in total. The summed E-state index contributed by atoms with van der Waals surface area (Å²) in [5, 5.41) is 2.22. The number of nitroso groups, excluding NO2 is 1. The predicted octanol–water partition coefficient (Wildman–Crippen LogP) is 2.63. The van der Waals surface area contributed by atoms with Crippen LogP contribution in [0.25, 0.3) is 0 Å². The fraction of sp³-hybridized carbons (Fsp3) is 1.00. The van der Waals surface area contributed by atoms with Crippen LogP contribution in [0.1, 0.15) is 25.7 Å². The Hall–Kier alpha value is -0.610. The fourth-order valence-corrected chi connectivity index (χ4v) is 1.39. The van der Waals surface area contributed by atoms with E-state index in [-0.39, 0.29) is 12.8 Å². The Labute approximate surface area is 61.7 Å². The van der Waals surface area contributed by atoms with Gasteiger partial charge in [-0.15, -0.1) is 4.91 Å². The van der Waals surface area contributed by atoms with E-state index in [2.05, 4.69) is 5.18 Å². The van der Waals surface area contributed by atoms with Crippen molar-refractivity contribution in [3.8, 4) is 0 Å². The van der Waals surface area contributed by atoms with E-state index in [9.17, 15) is 18.1 Å². The molecule has 64 valence electrons. The fourth-order valence-electron chi connectivity index (χ4n) is 1.39. The smallest absolute Gasteiger partial charge is 0.168 e. The van der Waals surface area contributed by atoms with Crippen molar-refractivity contribution in [2.75, 3.05) is 0 Å². The summed E-state index contributed by atoms with van der Waals surface area (Å²) in [4.78, 5) is 10.0. The number of hydrogen-bond acceptors (Lipinski definition) is 2. The molecule has 0 heterocycles. The highest BCUT2D eigenvalue weighted by Gasteiger charge is 2.57. The maximum Gasteiger partial charge on any atom is 0.417 e. The van der Waals surface area contributed by atoms with E-state index in [4.69, 9.17) is 0 Å². The van der Waals surface area contributed by atoms with Crippen molar-refractivity contribution in [1.29, 1.82) is 0 Å². The van der Waals surface area contributed by atoms with Gasteiger partial charge in [0.25, 0.3) is 0 Å². The third kappa shape index (κ3) is 1.23. The first-order valence-electron chi connectivity index (χ1n) is 3.43. The molecule has 0 spiro atoms. The Kier molecular flexibility index (Phi) is 1.90. The summed E-state index contributed by atoms with van der Waals surface area (Å²) >= 11 is 0. The third-order valence-electron chi connectivity index (χ3n) is 2.13. The molecule has 0 unspecified atom stereocenters. The molecule has 11 heavy (non-hydrogen) atoms. The van der Waals surface area contributed by atoms with Gasteiger partial charge >= 0.3 is 6.18 Å². The molecule has 0 radical (unpaired) electrons. The van der Waals surface area contributed by atoms with Crippen molar-refractivity contribution in [2.45, 2.75) is 37.4 Å². The van der Waals surface area contributed by atoms with Crippen LogP contribution in [0.2, 0.25) is 0 Å². The van der Waals surface area contributed by atoms with Crippen LogP contribution < -0.4 is 0 Å². The molecule has 1 saturated carbocycles. The van der Waals surface area contributed by atoms with Crippen molar-refractivity contribution in [1.82, 2.24) is 0 Å². The van der Waals surface area contributed by atoms with Crippen LogP contribution in [0.5, 0.6) is 0 Å². The average molecular weight is 167 g/mol. The Morgan fingerprint density at radius 3 is 1.82 bits per heavy atom. The summed E-state index contributed by atoms with van der Waals surface area (Å²) in [6, 6.07) is 0. The third-order valence-corrected chi connectivity index (χ3v) is 2.13. The first-order chi connectivity index (χ1) is 5.02. The predicted molar refractivity (Wildman–Crippen MR) is 33.0 cm³/mol. The molecule has 0 aliphatic heterocycles. The zero-order valence-corrected chi connectivity index (χ0v) is 5.82. The SMILES string of the molecule is O=NC1(C(F)(F)F)CCCC1. The van der Waals surface area contributed by atoms with Crippen LogP contribution in [-0.4, -0.2) is 11.7 Å². The molecular formula is C6H8F3NO. The van der Waals surface area contributed by atoms with Crippen molar-refractivity contribution in [3.05, 3.63) is 4.91 Å². The van der Waals surface area contributed by atoms with Crippen molar-refractivity contribution in [3.63, 3.8) is 0 Å². The lowest BCUT2D eigenvalue weighted by molar-refractivity contribution is -0.183. The summed E-state index contributed by atoms with van der Waals surface area (Å²) in [6.07, 6.45) is -3.83. The van der Waals surface area contributed by atoms with Gasteiger partial charge < -0.3 is 0 Å². The van der Waals surface area contributed by atoms with Gasteiger partial charge in [-0.1, -0.05) is 18.0 Å². The molecule has 0 N–H and O–H groups in total. The van der Waals surface area contributed by atoms with Gasteiger partial charge in [-0.25, -0.2) is 0 Å². The van der Waals surface area contributed by atoms with Gasteiger partial charge in [-0.05, 0) is 12.8 Å². The lowest BCUT2D eigenvalue weighted by atomic mass is 9.99. The molecule has 0 saturated heterocycles. The van der Waals surface area contributed by atoms with E-state index in [1.165, 1.54) is 0 Å². The van der Waals surface area contributed by atoms with Crippen LogP contribution in [0.3, 0.4) is 0 Å². The summed E-state index contributed by atoms with van der Waals surface area (Å²) in [5.41, 5.74) is -2.26. The molecular weight excluding hydrogens is 159 g/mol. The van der Waals surface area contributed by atoms with Gasteiger partial charge in [0.05, 0.1) is 0 Å². The van der Waals surface area contributed by atoms with Crippen molar-refractivity contribution >= 4 is 0 Å². The molecule has 0 aromatic carbocycles. The quantitative estimate of drug-likeness (QED) is 0.552. The summed E-state index contributed by atoms with van der Waals surface area (Å²) in [7, 11) is 0. The molecule has 5 heteroatoms. The highest BCUT2D eigenvalue weighted by atomic mass is 19.4. The van der Waals surface area contributed by atoms with Crippen LogP contribution in [0.4, 0.5) is 13.2 Å². The minimum atomic E-state index is -4.45. The Balaban J connectivity index is 2.83. The van der Waals surface area contributed by atoms with Gasteiger partial charge in [-0.2, -0.15) is 13.2 Å². The van der Waals surface area contributed by atoms with Gasteiger partial charge in [0, 0.05) is 0 Å². The van der Waals surface area contributed by atoms with Crippen molar-refractivity contribution in [2.24, 2.45) is 5.18 Å². The molecule has 1 rings (SSSR count). The number of hydrogen-bond donors (Lipinski definition) is 0. The van der Waals surface area contributed by atoms with Gasteiger partial charge in [-0.3, -0.25) is 0 Å². The molecule has 0 amide bonds. The van der Waals surface area contributed by atoms with E-state index in [0.717, 1.165) is 0 Å². The van der Waals surface area contributed by atoms with Gasteiger partial charge in [0.1, 0.15) is 0 Å². The Morgan fingerprint density at radius 2 is 1.64 bits per heavy atom. The van der Waals surface area contributed by atoms with Crippen LogP contribution >= 0.6 is 0 Å². The van der Waals surface area contributed by atoms with E-state index in [1.54, 1.807) is 0 Å². The standard InChI is InChI=1S/C6H8F3NO/c7-6(8,9)5(10-11)3-1-2-4-5/h1-4H2. The maximum atomic E-state index is 12.1. The lowest BCUT2D eigenvalue weighted by Gasteiger charge is -2.22. The Morgan fingerprint density at radius 1 is 1.18 bits per heavy atom. The second-order valence-electron chi connectivity index (χ2n) is 2.83. The lowest BCUT2D eigenvalue weighted by Crippen LogP contribution is -2.40. The highest BCUT2D eigenvalue weighted by Crippen LogP contribution is 2.45. The number of nitrogens with zero attached hydrogens (tertiary/aromatic N) is 1. The molecule has 0 aromatic heterocycles. The van der Waals surface area contributed by atoms with E-state index in [1.807, 2.05) is 0 Å². The normalized spacial score (nSPS) is 23.5. The second kappa shape index (κ2) is 2.46. The monoisotopic (exact) mass is 167 g/mol. The van der Waals surface area contributed by atoms with Gasteiger partial charge in [0.15, 0.2) is 5.54 Å². The van der Waals surface area contributed by atoms with E-state index >= 15 is 0 Å². The average Bonchev–Trinajstić information content (AvgIpc) is 2.33. The highest BCUT2D eigenvalue weighted by molar-refractivity contribution is 4.98. The second-order valence-corrected chi connectivity index (χ2v) is 2.83. The van der Waals surface area contributed by atoms with Crippen LogP contribution in [0.15, 0.2) is 5.18 Å². The molecule has 1 aliphatic rings. The van der Waals surface area contributed by atoms with Crippen LogP contribution in [-0.2, 0) is 0 Å². The summed E-state index contributed by atoms with van der Waals surface area (Å²) in [6.45, 7) is 0. The van der Waals surface area contributed by atoms with Crippen molar-refractivity contribution < 1.29 is 13.2 Å². The topological polar surface area (TPSA) is 29.4 Å². The zero-order valence-electron chi connectivity index (χ0n) is 5.82. The largest absolute Gasteiger partial charge is 0.417 e. The maximum absolute atomic E-state index is 12.1. The zero-order chi connectivity index (χ0) is 8.54. The van der Waals surface area contributed by atoms with Gasteiger partial charge in [0.2, 0.25) is 0 Å². The molecule has 0 bridgehead atoms. The number of halogens is 3. The summed E-state index contributed by atoms with van der Waals surface area (Å²) in [5.74, 6) is 0. The number of rotatable bonds is 1. The van der Waals surface area contributed by atoms with E-state index in [0.29, 0.717) is 12.8 Å². The molecule has 1 aliphatic carbocycles. The minimum absolute atomic E-state index is 0.139. The Bertz CT molecular complexity index is 160. The molecule has 0 atom stereocenters. The minimum Gasteiger partial charge on any atom is -0.168 e. The first-order valence-corrected chi connectivity index (χ1v) is 3.43. The van der Waals surface area contributed by atoms with E-state index < -0.39 is 11.7 Å². The molecule has 0 aromatic rings. The van der Waals surface area contributed by atoms with Crippen LogP contribution in [0, 0.1) is 4.91 Å². The number of alkyl halides is 3. The molecule has 1 fully saturated rings.